The Bertz CT molecular complexity index is 1240. The lowest BCUT2D eigenvalue weighted by Crippen LogP contribution is -2.39. The van der Waals surface area contributed by atoms with Crippen LogP contribution in [0.25, 0.3) is 10.2 Å². The third-order valence-electron chi connectivity index (χ3n) is 8.00. The maximum absolute atomic E-state index is 13.6. The molecule has 0 N–H and O–H groups in total. The number of likely N-dealkylation sites (tertiary alicyclic amines) is 1. The van der Waals surface area contributed by atoms with Crippen LogP contribution < -0.4 is 5.56 Å². The molecular weight excluding hydrogens is 444 g/mol. The molecule has 1 aromatic carbocycles. The average molecular weight is 477 g/mol. The number of aromatic nitrogens is 2. The molecule has 3 aliphatic rings. The Labute approximate surface area is 204 Å². The number of hydrogen-bond acceptors (Lipinski definition) is 5. The van der Waals surface area contributed by atoms with Crippen molar-refractivity contribution in [3.05, 3.63) is 63.0 Å². The van der Waals surface area contributed by atoms with E-state index in [1.165, 1.54) is 18.4 Å². The summed E-state index contributed by atoms with van der Waals surface area (Å²) >= 11 is 1.61. The van der Waals surface area contributed by atoms with Gasteiger partial charge >= 0.3 is 0 Å². The number of nitrogens with zero attached hydrogens (tertiary/aromatic N) is 4. The molecule has 0 bridgehead atoms. The van der Waals surface area contributed by atoms with Crippen LogP contribution >= 0.6 is 11.3 Å². The highest BCUT2D eigenvalue weighted by molar-refractivity contribution is 7.18. The first-order valence-electron chi connectivity index (χ1n) is 12.7. The number of fused-ring (bicyclic) bond motifs is 3. The number of amides is 1. The second kappa shape index (κ2) is 9.27. The van der Waals surface area contributed by atoms with Crippen LogP contribution in [0.15, 0.2) is 41.5 Å². The van der Waals surface area contributed by atoms with Gasteiger partial charge in [-0.2, -0.15) is 0 Å². The normalized spacial score (nSPS) is 20.2. The summed E-state index contributed by atoms with van der Waals surface area (Å²) in [5.74, 6) is 0.521. The topological polar surface area (TPSA) is 58.4 Å². The van der Waals surface area contributed by atoms with E-state index >= 15 is 0 Å². The summed E-state index contributed by atoms with van der Waals surface area (Å²) in [6.45, 7) is 4.31. The molecule has 0 radical (unpaired) electrons. The van der Waals surface area contributed by atoms with Gasteiger partial charge in [0.05, 0.1) is 18.3 Å². The van der Waals surface area contributed by atoms with E-state index in [-0.39, 0.29) is 17.5 Å². The van der Waals surface area contributed by atoms with E-state index < -0.39 is 0 Å². The molecule has 2 aromatic heterocycles. The summed E-state index contributed by atoms with van der Waals surface area (Å²) in [4.78, 5) is 37.7. The second-order valence-electron chi connectivity index (χ2n) is 10.1. The Kier molecular flexibility index (Phi) is 5.99. The van der Waals surface area contributed by atoms with Crippen LogP contribution in [0.5, 0.6) is 0 Å². The molecule has 4 heterocycles. The van der Waals surface area contributed by atoms with Crippen molar-refractivity contribution in [3.8, 4) is 0 Å². The number of carbonyl (C=O) groups is 1. The van der Waals surface area contributed by atoms with Gasteiger partial charge in [-0.15, -0.1) is 11.3 Å². The minimum atomic E-state index is 0.111. The molecular formula is C27H32N4O2S. The van der Waals surface area contributed by atoms with Crippen molar-refractivity contribution >= 4 is 27.5 Å². The molecule has 0 unspecified atom stereocenters. The second-order valence-corrected chi connectivity index (χ2v) is 11.2. The van der Waals surface area contributed by atoms with Crippen molar-refractivity contribution in [1.29, 1.82) is 0 Å². The molecule has 2 fully saturated rings. The van der Waals surface area contributed by atoms with Crippen molar-refractivity contribution in [3.63, 3.8) is 0 Å². The Balaban J connectivity index is 1.18. The minimum absolute atomic E-state index is 0.111. The van der Waals surface area contributed by atoms with E-state index in [1.54, 1.807) is 17.7 Å². The van der Waals surface area contributed by atoms with Crippen molar-refractivity contribution in [2.24, 2.45) is 5.92 Å². The van der Waals surface area contributed by atoms with Gasteiger partial charge in [-0.25, -0.2) is 4.98 Å². The van der Waals surface area contributed by atoms with Gasteiger partial charge in [0.25, 0.3) is 5.56 Å². The molecule has 7 heteroatoms. The molecule has 3 aromatic rings. The van der Waals surface area contributed by atoms with Gasteiger partial charge < -0.3 is 4.90 Å². The lowest BCUT2D eigenvalue weighted by molar-refractivity contribution is -0.136. The van der Waals surface area contributed by atoms with Crippen molar-refractivity contribution < 1.29 is 4.79 Å². The summed E-state index contributed by atoms with van der Waals surface area (Å²) in [7, 11) is 0. The summed E-state index contributed by atoms with van der Waals surface area (Å²) < 4.78 is 1.89. The summed E-state index contributed by atoms with van der Waals surface area (Å²) in [6.07, 6.45) is 8.89. The van der Waals surface area contributed by atoms with Crippen molar-refractivity contribution in [2.45, 2.75) is 64.1 Å². The highest BCUT2D eigenvalue weighted by Crippen LogP contribution is 2.35. The Morgan fingerprint density at radius 3 is 2.56 bits per heavy atom. The van der Waals surface area contributed by atoms with Gasteiger partial charge in [-0.1, -0.05) is 43.2 Å². The smallest absolute Gasteiger partial charge is 0.262 e. The van der Waals surface area contributed by atoms with Crippen LogP contribution in [0.4, 0.5) is 0 Å². The van der Waals surface area contributed by atoms with E-state index in [0.717, 1.165) is 78.9 Å². The van der Waals surface area contributed by atoms with Crippen LogP contribution in [0, 0.1) is 5.92 Å². The molecule has 1 aliphatic carbocycles. The molecule has 1 saturated heterocycles. The number of benzene rings is 1. The summed E-state index contributed by atoms with van der Waals surface area (Å²) in [6, 6.07) is 10.8. The zero-order valence-electron chi connectivity index (χ0n) is 19.6. The van der Waals surface area contributed by atoms with Gasteiger partial charge in [0.1, 0.15) is 4.83 Å². The van der Waals surface area contributed by atoms with E-state index in [0.29, 0.717) is 12.5 Å². The fraction of sp³-hybridized carbons (Fsp3) is 0.519. The molecule has 1 saturated carbocycles. The lowest BCUT2D eigenvalue weighted by Gasteiger charge is -2.32. The standard InChI is InChI=1S/C27H32N4O2S/c32-26(20-8-4-5-9-20)30-15-12-22-23(17-30)34-25-24(22)27(33)31(18-28-25)21-10-13-29(14-11-21)16-19-6-2-1-3-7-19/h1-3,6-7,18,20-21H,4-5,8-17H2. The van der Waals surface area contributed by atoms with Gasteiger partial charge in [0, 0.05) is 43.0 Å². The highest BCUT2D eigenvalue weighted by Gasteiger charge is 2.32. The first kappa shape index (κ1) is 22.0. The molecule has 0 atom stereocenters. The molecule has 0 spiro atoms. The molecule has 2 aliphatic heterocycles. The first-order valence-corrected chi connectivity index (χ1v) is 13.6. The Morgan fingerprint density at radius 2 is 1.79 bits per heavy atom. The average Bonchev–Trinajstić information content (AvgIpc) is 3.53. The highest BCUT2D eigenvalue weighted by atomic mass is 32.1. The van der Waals surface area contributed by atoms with Crippen LogP contribution in [0.3, 0.4) is 0 Å². The maximum Gasteiger partial charge on any atom is 0.262 e. The predicted molar refractivity (Wildman–Crippen MR) is 135 cm³/mol. The molecule has 6 rings (SSSR count). The van der Waals surface area contributed by atoms with Crippen LogP contribution in [0.2, 0.25) is 0 Å². The van der Waals surface area contributed by atoms with Crippen LogP contribution in [-0.2, 0) is 24.3 Å². The number of rotatable bonds is 4. The van der Waals surface area contributed by atoms with Crippen molar-refractivity contribution in [1.82, 2.24) is 19.4 Å². The zero-order chi connectivity index (χ0) is 23.1. The first-order chi connectivity index (χ1) is 16.7. The van der Waals surface area contributed by atoms with E-state index in [2.05, 4.69) is 35.2 Å². The summed E-state index contributed by atoms with van der Waals surface area (Å²) in [5, 5.41) is 0.808. The number of hydrogen-bond donors (Lipinski definition) is 0. The van der Waals surface area contributed by atoms with Gasteiger partial charge in [0.15, 0.2) is 0 Å². The monoisotopic (exact) mass is 476 g/mol. The number of carbonyl (C=O) groups excluding carboxylic acids is 1. The largest absolute Gasteiger partial charge is 0.337 e. The fourth-order valence-corrected chi connectivity index (χ4v) is 7.27. The SMILES string of the molecule is O=C(C1CCCC1)N1CCc2c(sc3ncn(C4CCN(Cc5ccccc5)CC4)c(=O)c23)C1. The van der Waals surface area contributed by atoms with Gasteiger partial charge in [-0.05, 0) is 43.2 Å². The predicted octanol–water partition coefficient (Wildman–Crippen LogP) is 4.37. The third-order valence-corrected chi connectivity index (χ3v) is 9.13. The van der Waals surface area contributed by atoms with E-state index in [9.17, 15) is 9.59 Å². The minimum Gasteiger partial charge on any atom is -0.337 e. The maximum atomic E-state index is 13.6. The van der Waals surface area contributed by atoms with Crippen molar-refractivity contribution in [2.75, 3.05) is 19.6 Å². The quantitative estimate of drug-likeness (QED) is 0.561. The fourth-order valence-electron chi connectivity index (χ4n) is 6.07. The molecule has 34 heavy (non-hydrogen) atoms. The van der Waals surface area contributed by atoms with Crippen LogP contribution in [-0.4, -0.2) is 44.9 Å². The lowest BCUT2D eigenvalue weighted by atomic mass is 10.0. The third kappa shape index (κ3) is 4.09. The van der Waals surface area contributed by atoms with Gasteiger partial charge in [-0.3, -0.25) is 19.1 Å². The molecule has 1 amide bonds. The summed E-state index contributed by atoms with van der Waals surface area (Å²) in [5.41, 5.74) is 2.59. The Morgan fingerprint density at radius 1 is 1.03 bits per heavy atom. The molecule has 6 nitrogen and oxygen atoms in total. The Hall–Kier alpha value is -2.51. The van der Waals surface area contributed by atoms with E-state index in [1.807, 2.05) is 9.47 Å². The molecule has 178 valence electrons. The van der Waals surface area contributed by atoms with Crippen LogP contribution in [0.1, 0.15) is 60.6 Å². The van der Waals surface area contributed by atoms with Gasteiger partial charge in [0.2, 0.25) is 5.91 Å². The van der Waals surface area contributed by atoms with E-state index in [4.69, 9.17) is 4.98 Å². The number of piperidine rings is 1. The number of thiophene rings is 1. The zero-order valence-corrected chi connectivity index (χ0v) is 20.4.